The Morgan fingerprint density at radius 2 is 2.03 bits per heavy atom. The van der Waals surface area contributed by atoms with E-state index in [1.807, 2.05) is 13.8 Å². The van der Waals surface area contributed by atoms with Crippen molar-refractivity contribution in [3.05, 3.63) is 77.1 Å². The molecule has 1 N–H and O–H groups in total. The number of benzene rings is 2. The number of hydrogen-bond acceptors (Lipinski definition) is 5. The van der Waals surface area contributed by atoms with Crippen molar-refractivity contribution in [1.29, 1.82) is 0 Å². The van der Waals surface area contributed by atoms with Gasteiger partial charge in [-0.3, -0.25) is 13.8 Å². The van der Waals surface area contributed by atoms with E-state index in [1.165, 1.54) is 16.4 Å². The number of carbonyl (C=O) groups excluding carboxylic acids is 1. The van der Waals surface area contributed by atoms with Crippen molar-refractivity contribution < 1.29 is 17.6 Å². The summed E-state index contributed by atoms with van der Waals surface area (Å²) in [6.07, 6.45) is 3.29. The predicted octanol–water partition coefficient (Wildman–Crippen LogP) is 2.88. The van der Waals surface area contributed by atoms with Crippen LogP contribution in [0, 0.1) is 5.82 Å². The number of hydrogen-bond donors (Lipinski definition) is 1. The maximum Gasteiger partial charge on any atom is 0.251 e. The number of fused-ring (bicyclic) bond motifs is 1. The summed E-state index contributed by atoms with van der Waals surface area (Å²) in [7, 11) is -3.51. The van der Waals surface area contributed by atoms with Crippen molar-refractivity contribution in [2.24, 2.45) is 0 Å². The van der Waals surface area contributed by atoms with E-state index < -0.39 is 10.0 Å². The van der Waals surface area contributed by atoms with Crippen LogP contribution in [-0.4, -0.2) is 48.4 Å². The van der Waals surface area contributed by atoms with Gasteiger partial charge in [0, 0.05) is 24.7 Å². The number of nitrogens with one attached hydrogen (secondary N) is 1. The van der Waals surface area contributed by atoms with Crippen LogP contribution < -0.4 is 9.62 Å². The average molecular weight is 472 g/mol. The summed E-state index contributed by atoms with van der Waals surface area (Å²) in [5.41, 5.74) is 2.43. The Balaban J connectivity index is 1.57. The summed E-state index contributed by atoms with van der Waals surface area (Å²) in [6.45, 7) is 4.49. The Hall–Kier alpha value is -3.27. The molecule has 0 bridgehead atoms. The Morgan fingerprint density at radius 1 is 1.24 bits per heavy atom. The summed E-state index contributed by atoms with van der Waals surface area (Å²) >= 11 is 0. The zero-order valence-corrected chi connectivity index (χ0v) is 19.5. The van der Waals surface area contributed by atoms with Crippen LogP contribution >= 0.6 is 0 Å². The first-order chi connectivity index (χ1) is 15.6. The molecule has 174 valence electrons. The smallest absolute Gasteiger partial charge is 0.251 e. The topological polar surface area (TPSA) is 97.2 Å². The lowest BCUT2D eigenvalue weighted by Crippen LogP contribution is -2.29. The molecule has 10 heteroatoms. The van der Waals surface area contributed by atoms with Crippen molar-refractivity contribution in [3.63, 3.8) is 0 Å². The standard InChI is InChI=1S/C23H26FN5O3S/c1-15(2)28-14-26-22(27-28)20-13-29(33(3,31)32)21-8-7-17(12-19(20)21)23(30)25-10-9-16-5-4-6-18(24)11-16/h4-8,11-12,14-15,20H,9-10,13H2,1-3H3,(H,25,30)/t20-/m1/s1. The van der Waals surface area contributed by atoms with Gasteiger partial charge in [-0.2, -0.15) is 5.10 Å². The van der Waals surface area contributed by atoms with Gasteiger partial charge in [-0.1, -0.05) is 12.1 Å². The van der Waals surface area contributed by atoms with Gasteiger partial charge in [-0.15, -0.1) is 0 Å². The van der Waals surface area contributed by atoms with Crippen LogP contribution in [0.5, 0.6) is 0 Å². The minimum atomic E-state index is -3.51. The quantitative estimate of drug-likeness (QED) is 0.572. The molecule has 0 spiro atoms. The second-order valence-corrected chi connectivity index (χ2v) is 10.3. The maximum atomic E-state index is 13.3. The van der Waals surface area contributed by atoms with Crippen molar-refractivity contribution in [1.82, 2.24) is 20.1 Å². The second kappa shape index (κ2) is 8.93. The third kappa shape index (κ3) is 4.90. The first-order valence-corrected chi connectivity index (χ1v) is 12.5. The van der Waals surface area contributed by atoms with E-state index in [9.17, 15) is 17.6 Å². The maximum absolute atomic E-state index is 13.3. The van der Waals surface area contributed by atoms with Crippen LogP contribution in [-0.2, 0) is 16.4 Å². The molecule has 0 saturated heterocycles. The van der Waals surface area contributed by atoms with Gasteiger partial charge in [0.2, 0.25) is 10.0 Å². The summed E-state index contributed by atoms with van der Waals surface area (Å²) in [6, 6.07) is 11.3. The highest BCUT2D eigenvalue weighted by Gasteiger charge is 2.37. The first kappa shape index (κ1) is 22.9. The molecule has 3 aromatic rings. The first-order valence-electron chi connectivity index (χ1n) is 10.7. The highest BCUT2D eigenvalue weighted by Crippen LogP contribution is 2.40. The molecular formula is C23H26FN5O3S. The molecule has 1 amide bonds. The van der Waals surface area contributed by atoms with E-state index >= 15 is 0 Å². The largest absolute Gasteiger partial charge is 0.352 e. The zero-order chi connectivity index (χ0) is 23.8. The lowest BCUT2D eigenvalue weighted by molar-refractivity contribution is 0.0954. The van der Waals surface area contributed by atoms with Crippen LogP contribution in [0.2, 0.25) is 0 Å². The molecule has 33 heavy (non-hydrogen) atoms. The van der Waals surface area contributed by atoms with Gasteiger partial charge in [-0.05, 0) is 61.7 Å². The molecule has 0 aliphatic carbocycles. The molecule has 1 aromatic heterocycles. The molecule has 1 aliphatic rings. The van der Waals surface area contributed by atoms with Gasteiger partial charge >= 0.3 is 0 Å². The molecule has 0 saturated carbocycles. The number of amides is 1. The minimum Gasteiger partial charge on any atom is -0.352 e. The van der Waals surface area contributed by atoms with Gasteiger partial charge in [0.1, 0.15) is 12.1 Å². The minimum absolute atomic E-state index is 0.119. The van der Waals surface area contributed by atoms with Crippen molar-refractivity contribution in [2.75, 3.05) is 23.7 Å². The predicted molar refractivity (Wildman–Crippen MR) is 123 cm³/mol. The number of halogens is 1. The normalized spacial score (nSPS) is 15.7. The Bertz CT molecular complexity index is 1290. The number of sulfonamides is 1. The second-order valence-electron chi connectivity index (χ2n) is 8.43. The lowest BCUT2D eigenvalue weighted by atomic mass is 9.98. The highest BCUT2D eigenvalue weighted by atomic mass is 32.2. The van der Waals surface area contributed by atoms with E-state index in [-0.39, 0.29) is 30.2 Å². The number of aromatic nitrogens is 3. The van der Waals surface area contributed by atoms with Gasteiger partial charge in [-0.25, -0.2) is 17.8 Å². The average Bonchev–Trinajstić information content (AvgIpc) is 3.38. The van der Waals surface area contributed by atoms with E-state index in [0.717, 1.165) is 11.8 Å². The number of rotatable bonds is 7. The Labute approximate surface area is 192 Å². The molecule has 0 radical (unpaired) electrons. The van der Waals surface area contributed by atoms with Gasteiger partial charge in [0.15, 0.2) is 5.82 Å². The SMILES string of the molecule is CC(C)n1cnc([C@@H]2CN(S(C)(=O)=O)c3ccc(C(=O)NCCc4cccc(F)c4)cc32)n1. The molecular weight excluding hydrogens is 445 g/mol. The Kier molecular flexibility index (Phi) is 6.20. The zero-order valence-electron chi connectivity index (χ0n) is 18.7. The van der Waals surface area contributed by atoms with Crippen LogP contribution in [0.4, 0.5) is 10.1 Å². The van der Waals surface area contributed by atoms with Crippen molar-refractivity contribution >= 4 is 21.6 Å². The van der Waals surface area contributed by atoms with Crippen LogP contribution in [0.15, 0.2) is 48.8 Å². The fourth-order valence-electron chi connectivity index (χ4n) is 3.91. The third-order valence-corrected chi connectivity index (χ3v) is 6.78. The number of nitrogens with zero attached hydrogens (tertiary/aromatic N) is 4. The molecule has 0 unspecified atom stereocenters. The summed E-state index contributed by atoms with van der Waals surface area (Å²) in [5.74, 6) is -0.464. The molecule has 1 aliphatic heterocycles. The van der Waals surface area contributed by atoms with Crippen LogP contribution in [0.25, 0.3) is 0 Å². The summed E-state index contributed by atoms with van der Waals surface area (Å²) < 4.78 is 41.1. The van der Waals surface area contributed by atoms with Crippen molar-refractivity contribution in [2.45, 2.75) is 32.2 Å². The Morgan fingerprint density at radius 3 is 2.70 bits per heavy atom. The lowest BCUT2D eigenvalue weighted by Gasteiger charge is -2.16. The molecule has 2 aromatic carbocycles. The molecule has 8 nitrogen and oxygen atoms in total. The molecule has 4 rings (SSSR count). The van der Waals surface area contributed by atoms with Gasteiger partial charge in [0.25, 0.3) is 5.91 Å². The number of anilines is 1. The van der Waals surface area contributed by atoms with Crippen LogP contribution in [0.1, 0.15) is 53.1 Å². The highest BCUT2D eigenvalue weighted by molar-refractivity contribution is 7.92. The van der Waals surface area contributed by atoms with E-state index in [4.69, 9.17) is 0 Å². The summed E-state index contributed by atoms with van der Waals surface area (Å²) in [4.78, 5) is 17.2. The monoisotopic (exact) mass is 471 g/mol. The fraction of sp³-hybridized carbons (Fsp3) is 0.348. The fourth-order valence-corrected chi connectivity index (χ4v) is 4.85. The van der Waals surface area contributed by atoms with Crippen LogP contribution in [0.3, 0.4) is 0 Å². The van der Waals surface area contributed by atoms with E-state index in [2.05, 4.69) is 15.4 Å². The van der Waals surface area contributed by atoms with Gasteiger partial charge < -0.3 is 5.32 Å². The van der Waals surface area contributed by atoms with E-state index in [0.29, 0.717) is 35.6 Å². The molecule has 1 atom stereocenters. The van der Waals surface area contributed by atoms with Gasteiger partial charge in [0.05, 0.1) is 17.9 Å². The number of carbonyl (C=O) groups is 1. The van der Waals surface area contributed by atoms with Crippen molar-refractivity contribution in [3.8, 4) is 0 Å². The third-order valence-electron chi connectivity index (χ3n) is 5.64. The molecule has 2 heterocycles. The molecule has 0 fully saturated rings. The summed E-state index contributed by atoms with van der Waals surface area (Å²) in [5, 5.41) is 7.37. The van der Waals surface area contributed by atoms with E-state index in [1.54, 1.807) is 41.3 Å².